The van der Waals surface area contributed by atoms with E-state index in [0.717, 1.165) is 19.4 Å². The van der Waals surface area contributed by atoms with Gasteiger partial charge in [0.2, 0.25) is 5.91 Å². The molecule has 1 amide bonds. The molecule has 3 nitrogen and oxygen atoms in total. The summed E-state index contributed by atoms with van der Waals surface area (Å²) in [6.07, 6.45) is 1.79. The summed E-state index contributed by atoms with van der Waals surface area (Å²) in [7, 11) is 1.84. The molecule has 0 spiro atoms. The number of amides is 1. The maximum atomic E-state index is 11.9. The third kappa shape index (κ3) is 2.99. The monoisotopic (exact) mass is 186 g/mol. The summed E-state index contributed by atoms with van der Waals surface area (Å²) in [6, 6.07) is 0. The van der Waals surface area contributed by atoms with Gasteiger partial charge in [-0.15, -0.1) is 0 Å². The maximum absolute atomic E-state index is 11.9. The predicted molar refractivity (Wildman–Crippen MR) is 55.4 cm³/mol. The highest BCUT2D eigenvalue weighted by Crippen LogP contribution is 2.21. The molecule has 0 radical (unpaired) electrons. The summed E-state index contributed by atoms with van der Waals surface area (Å²) in [5, 5.41) is 0. The van der Waals surface area contributed by atoms with E-state index in [4.69, 9.17) is 5.73 Å². The second-order valence-corrected chi connectivity index (χ2v) is 3.85. The van der Waals surface area contributed by atoms with E-state index in [-0.39, 0.29) is 11.3 Å². The van der Waals surface area contributed by atoms with Gasteiger partial charge in [-0.25, -0.2) is 0 Å². The predicted octanol–water partition coefficient (Wildman–Crippen LogP) is 1.23. The molecule has 2 N–H and O–H groups in total. The Morgan fingerprint density at radius 3 is 2.31 bits per heavy atom. The van der Waals surface area contributed by atoms with Gasteiger partial charge in [0.25, 0.3) is 0 Å². The largest absolute Gasteiger partial charge is 0.345 e. The molecule has 0 aliphatic heterocycles. The molecule has 0 aromatic heterocycles. The van der Waals surface area contributed by atoms with Crippen LogP contribution < -0.4 is 5.73 Å². The summed E-state index contributed by atoms with van der Waals surface area (Å²) in [5.41, 5.74) is 5.23. The molecule has 1 atom stereocenters. The average molecular weight is 186 g/mol. The number of hydrogen-bond donors (Lipinski definition) is 1. The Kier molecular flexibility index (Phi) is 4.99. The van der Waals surface area contributed by atoms with Crippen LogP contribution in [0, 0.1) is 5.41 Å². The van der Waals surface area contributed by atoms with Crippen LogP contribution in [0.5, 0.6) is 0 Å². The SMILES string of the molecule is CCCN(C)C(=O)C(C)(CC)CN. The normalized spacial score (nSPS) is 15.2. The van der Waals surface area contributed by atoms with Crippen molar-refractivity contribution in [2.45, 2.75) is 33.6 Å². The zero-order chi connectivity index (χ0) is 10.5. The van der Waals surface area contributed by atoms with E-state index < -0.39 is 0 Å². The van der Waals surface area contributed by atoms with Gasteiger partial charge in [0, 0.05) is 20.1 Å². The molecule has 1 unspecified atom stereocenters. The lowest BCUT2D eigenvalue weighted by molar-refractivity contribution is -0.139. The minimum Gasteiger partial charge on any atom is -0.345 e. The van der Waals surface area contributed by atoms with Gasteiger partial charge in [0.05, 0.1) is 5.41 Å². The van der Waals surface area contributed by atoms with E-state index in [1.54, 1.807) is 4.90 Å². The number of rotatable bonds is 5. The van der Waals surface area contributed by atoms with Gasteiger partial charge in [-0.2, -0.15) is 0 Å². The van der Waals surface area contributed by atoms with Crippen molar-refractivity contribution in [2.24, 2.45) is 11.1 Å². The zero-order valence-corrected chi connectivity index (χ0v) is 9.26. The Balaban J connectivity index is 4.37. The summed E-state index contributed by atoms with van der Waals surface area (Å²) < 4.78 is 0. The van der Waals surface area contributed by atoms with Gasteiger partial charge >= 0.3 is 0 Å². The topological polar surface area (TPSA) is 46.3 Å². The molecule has 78 valence electrons. The molecule has 0 rings (SSSR count). The highest BCUT2D eigenvalue weighted by molar-refractivity contribution is 5.82. The fourth-order valence-corrected chi connectivity index (χ4v) is 1.28. The van der Waals surface area contributed by atoms with Gasteiger partial charge in [-0.1, -0.05) is 13.8 Å². The van der Waals surface area contributed by atoms with Crippen LogP contribution in [0.25, 0.3) is 0 Å². The fourth-order valence-electron chi connectivity index (χ4n) is 1.28. The number of carbonyl (C=O) groups is 1. The first kappa shape index (κ1) is 12.4. The van der Waals surface area contributed by atoms with Crippen LogP contribution in [0.4, 0.5) is 0 Å². The Morgan fingerprint density at radius 2 is 2.00 bits per heavy atom. The average Bonchev–Trinajstić information content (AvgIpc) is 2.16. The molecule has 0 bridgehead atoms. The summed E-state index contributed by atoms with van der Waals surface area (Å²) in [5.74, 6) is 0.166. The van der Waals surface area contributed by atoms with E-state index >= 15 is 0 Å². The van der Waals surface area contributed by atoms with E-state index in [0.29, 0.717) is 6.54 Å². The van der Waals surface area contributed by atoms with Gasteiger partial charge in [0.15, 0.2) is 0 Å². The smallest absolute Gasteiger partial charge is 0.229 e. The lowest BCUT2D eigenvalue weighted by Gasteiger charge is -2.30. The van der Waals surface area contributed by atoms with E-state index in [2.05, 4.69) is 6.92 Å². The highest BCUT2D eigenvalue weighted by Gasteiger charge is 2.31. The van der Waals surface area contributed by atoms with Crippen LogP contribution in [0.3, 0.4) is 0 Å². The highest BCUT2D eigenvalue weighted by atomic mass is 16.2. The van der Waals surface area contributed by atoms with Gasteiger partial charge in [-0.05, 0) is 19.8 Å². The van der Waals surface area contributed by atoms with E-state index in [1.165, 1.54) is 0 Å². The van der Waals surface area contributed by atoms with Crippen molar-refractivity contribution in [1.29, 1.82) is 0 Å². The lowest BCUT2D eigenvalue weighted by atomic mass is 9.86. The molecule has 0 aromatic carbocycles. The fraction of sp³-hybridized carbons (Fsp3) is 0.900. The molecule has 0 fully saturated rings. The van der Waals surface area contributed by atoms with Crippen LogP contribution in [0.2, 0.25) is 0 Å². The van der Waals surface area contributed by atoms with Crippen molar-refractivity contribution in [2.75, 3.05) is 20.1 Å². The van der Waals surface area contributed by atoms with Crippen molar-refractivity contribution in [1.82, 2.24) is 4.90 Å². The molecule has 0 saturated heterocycles. The van der Waals surface area contributed by atoms with Crippen molar-refractivity contribution < 1.29 is 4.79 Å². The van der Waals surface area contributed by atoms with Crippen LogP contribution in [0.15, 0.2) is 0 Å². The number of hydrogen-bond acceptors (Lipinski definition) is 2. The minimum atomic E-state index is -0.371. The molecular weight excluding hydrogens is 164 g/mol. The molecule has 3 heteroatoms. The van der Waals surface area contributed by atoms with Gasteiger partial charge < -0.3 is 10.6 Å². The molecule has 0 aliphatic carbocycles. The van der Waals surface area contributed by atoms with Gasteiger partial charge in [0.1, 0.15) is 0 Å². The Bertz CT molecular complexity index is 164. The zero-order valence-electron chi connectivity index (χ0n) is 9.26. The third-order valence-corrected chi connectivity index (χ3v) is 2.65. The van der Waals surface area contributed by atoms with Crippen molar-refractivity contribution in [3.8, 4) is 0 Å². The van der Waals surface area contributed by atoms with Crippen LogP contribution >= 0.6 is 0 Å². The first-order valence-electron chi connectivity index (χ1n) is 4.97. The molecule has 0 aromatic rings. The molecule has 13 heavy (non-hydrogen) atoms. The number of carbonyl (C=O) groups excluding carboxylic acids is 1. The second kappa shape index (κ2) is 5.22. The molecular formula is C10H22N2O. The molecule has 0 aliphatic rings. The number of nitrogens with zero attached hydrogens (tertiary/aromatic N) is 1. The van der Waals surface area contributed by atoms with Gasteiger partial charge in [-0.3, -0.25) is 4.79 Å². The molecule has 0 heterocycles. The summed E-state index contributed by atoms with van der Waals surface area (Å²) in [4.78, 5) is 13.6. The first-order valence-corrected chi connectivity index (χ1v) is 4.97. The van der Waals surface area contributed by atoms with E-state index in [9.17, 15) is 4.79 Å². The summed E-state index contributed by atoms with van der Waals surface area (Å²) >= 11 is 0. The van der Waals surface area contributed by atoms with Crippen LogP contribution in [-0.2, 0) is 4.79 Å². The Hall–Kier alpha value is -0.570. The third-order valence-electron chi connectivity index (χ3n) is 2.65. The first-order chi connectivity index (χ1) is 6.01. The summed E-state index contributed by atoms with van der Waals surface area (Å²) in [6.45, 7) is 7.24. The number of nitrogens with two attached hydrogens (primary N) is 1. The van der Waals surface area contributed by atoms with Crippen molar-refractivity contribution in [3.63, 3.8) is 0 Å². The quantitative estimate of drug-likeness (QED) is 0.702. The Morgan fingerprint density at radius 1 is 1.46 bits per heavy atom. The Labute approximate surface area is 81.3 Å². The van der Waals surface area contributed by atoms with Crippen molar-refractivity contribution >= 4 is 5.91 Å². The van der Waals surface area contributed by atoms with Crippen molar-refractivity contribution in [3.05, 3.63) is 0 Å². The van der Waals surface area contributed by atoms with Crippen LogP contribution in [0.1, 0.15) is 33.6 Å². The second-order valence-electron chi connectivity index (χ2n) is 3.85. The van der Waals surface area contributed by atoms with Crippen LogP contribution in [-0.4, -0.2) is 30.9 Å². The molecule has 0 saturated carbocycles. The van der Waals surface area contributed by atoms with E-state index in [1.807, 2.05) is 20.9 Å². The maximum Gasteiger partial charge on any atom is 0.229 e. The lowest BCUT2D eigenvalue weighted by Crippen LogP contribution is -2.44. The minimum absolute atomic E-state index is 0.166. The standard InChI is InChI=1S/C10H22N2O/c1-5-7-12(4)9(13)10(3,6-2)8-11/h5-8,11H2,1-4H3.